The Morgan fingerprint density at radius 1 is 1.00 bits per heavy atom. The van der Waals surface area contributed by atoms with Gasteiger partial charge in [0.2, 0.25) is 15.9 Å². The van der Waals surface area contributed by atoms with Crippen LogP contribution in [0.15, 0.2) is 47.4 Å². The van der Waals surface area contributed by atoms with Crippen LogP contribution < -0.4 is 10.0 Å². The number of anilines is 1. The van der Waals surface area contributed by atoms with Gasteiger partial charge in [-0.05, 0) is 30.3 Å². The molecule has 2 rings (SSSR count). The molecule has 2 aromatic carbocycles. The van der Waals surface area contributed by atoms with Gasteiger partial charge < -0.3 is 5.32 Å². The van der Waals surface area contributed by atoms with Crippen LogP contribution in [-0.4, -0.2) is 20.9 Å². The lowest BCUT2D eigenvalue weighted by Gasteiger charge is -2.09. The van der Waals surface area contributed by atoms with Crippen molar-refractivity contribution in [2.24, 2.45) is 0 Å². The van der Waals surface area contributed by atoms with E-state index in [9.17, 15) is 13.2 Å². The summed E-state index contributed by atoms with van der Waals surface area (Å²) in [6.07, 6.45) is 0. The lowest BCUT2D eigenvalue weighted by Crippen LogP contribution is -2.33. The summed E-state index contributed by atoms with van der Waals surface area (Å²) >= 11 is 17.5. The Labute approximate surface area is 148 Å². The average Bonchev–Trinajstić information content (AvgIpc) is 2.44. The molecule has 0 radical (unpaired) electrons. The number of sulfonamides is 1. The summed E-state index contributed by atoms with van der Waals surface area (Å²) in [7, 11) is -3.89. The normalized spacial score (nSPS) is 11.3. The van der Waals surface area contributed by atoms with Crippen LogP contribution >= 0.6 is 34.8 Å². The van der Waals surface area contributed by atoms with Crippen molar-refractivity contribution < 1.29 is 13.2 Å². The van der Waals surface area contributed by atoms with Gasteiger partial charge in [0.05, 0.1) is 11.6 Å². The number of halogens is 3. The minimum Gasteiger partial charge on any atom is -0.325 e. The van der Waals surface area contributed by atoms with Crippen molar-refractivity contribution in [3.63, 3.8) is 0 Å². The van der Waals surface area contributed by atoms with Crippen LogP contribution in [0.5, 0.6) is 0 Å². The zero-order chi connectivity index (χ0) is 17.0. The summed E-state index contributed by atoms with van der Waals surface area (Å²) in [5.74, 6) is -0.570. The highest BCUT2D eigenvalue weighted by Gasteiger charge is 2.18. The van der Waals surface area contributed by atoms with E-state index >= 15 is 0 Å². The van der Waals surface area contributed by atoms with Gasteiger partial charge in [-0.15, -0.1) is 0 Å². The smallest absolute Gasteiger partial charge is 0.242 e. The molecule has 0 unspecified atom stereocenters. The van der Waals surface area contributed by atoms with Crippen molar-refractivity contribution in [2.75, 3.05) is 11.9 Å². The summed E-state index contributed by atoms with van der Waals surface area (Å²) in [4.78, 5) is 11.7. The van der Waals surface area contributed by atoms with Crippen molar-refractivity contribution in [3.05, 3.63) is 57.5 Å². The van der Waals surface area contributed by atoms with Gasteiger partial charge >= 0.3 is 0 Å². The molecule has 2 N–H and O–H groups in total. The summed E-state index contributed by atoms with van der Waals surface area (Å²) in [6.45, 7) is -0.461. The zero-order valence-electron chi connectivity index (χ0n) is 11.5. The quantitative estimate of drug-likeness (QED) is 0.815. The van der Waals surface area contributed by atoms with E-state index in [-0.39, 0.29) is 9.92 Å². The minimum atomic E-state index is -3.89. The van der Waals surface area contributed by atoms with Crippen molar-refractivity contribution in [1.82, 2.24) is 4.72 Å². The average molecular weight is 394 g/mol. The van der Waals surface area contributed by atoms with Crippen LogP contribution in [0.4, 0.5) is 5.69 Å². The van der Waals surface area contributed by atoms with Gasteiger partial charge in [-0.2, -0.15) is 0 Å². The molecular weight excluding hydrogens is 383 g/mol. The maximum absolute atomic E-state index is 12.1. The fourth-order valence-corrected chi connectivity index (χ4v) is 3.76. The van der Waals surface area contributed by atoms with Crippen molar-refractivity contribution in [2.45, 2.75) is 4.90 Å². The molecule has 0 aliphatic rings. The number of nitrogens with one attached hydrogen (secondary N) is 2. The van der Waals surface area contributed by atoms with Crippen LogP contribution in [0.2, 0.25) is 15.1 Å². The molecule has 0 spiro atoms. The van der Waals surface area contributed by atoms with E-state index in [1.807, 2.05) is 0 Å². The second-order valence-corrected chi connectivity index (χ2v) is 7.48. The molecule has 0 aliphatic heterocycles. The van der Waals surface area contributed by atoms with E-state index in [4.69, 9.17) is 34.8 Å². The van der Waals surface area contributed by atoms with Crippen LogP contribution in [-0.2, 0) is 14.8 Å². The predicted molar refractivity (Wildman–Crippen MR) is 91.7 cm³/mol. The van der Waals surface area contributed by atoms with E-state index in [0.717, 1.165) is 0 Å². The largest absolute Gasteiger partial charge is 0.325 e. The van der Waals surface area contributed by atoms with E-state index in [1.165, 1.54) is 36.4 Å². The van der Waals surface area contributed by atoms with Crippen LogP contribution in [0.25, 0.3) is 0 Å². The highest BCUT2D eigenvalue weighted by atomic mass is 35.5. The third-order valence-electron chi connectivity index (χ3n) is 2.70. The Morgan fingerprint density at radius 2 is 1.61 bits per heavy atom. The van der Waals surface area contributed by atoms with Crippen LogP contribution in [0.3, 0.4) is 0 Å². The zero-order valence-corrected chi connectivity index (χ0v) is 14.6. The Balaban J connectivity index is 2.03. The Morgan fingerprint density at radius 3 is 2.22 bits per heavy atom. The molecule has 0 saturated carbocycles. The van der Waals surface area contributed by atoms with Gasteiger partial charge in [-0.3, -0.25) is 4.79 Å². The van der Waals surface area contributed by atoms with Crippen molar-refractivity contribution in [3.8, 4) is 0 Å². The fourth-order valence-electron chi connectivity index (χ4n) is 1.73. The third-order valence-corrected chi connectivity index (χ3v) is 5.03. The number of rotatable bonds is 5. The molecule has 0 aromatic heterocycles. The van der Waals surface area contributed by atoms with Gasteiger partial charge in [0.15, 0.2) is 0 Å². The SMILES string of the molecule is O=C(CNS(=O)(=O)c1ccccc1Cl)Nc1cc(Cl)cc(Cl)c1. The standard InChI is InChI=1S/C14H11Cl3N2O3S/c15-9-5-10(16)7-11(6-9)19-14(20)8-18-23(21,22)13-4-2-1-3-12(13)17/h1-7,18H,8H2,(H,19,20). The molecule has 0 fully saturated rings. The highest BCUT2D eigenvalue weighted by molar-refractivity contribution is 7.89. The van der Waals surface area contributed by atoms with Crippen LogP contribution in [0, 0.1) is 0 Å². The Bertz CT molecular complexity index is 821. The number of hydrogen-bond donors (Lipinski definition) is 2. The predicted octanol–water partition coefficient (Wildman–Crippen LogP) is 3.56. The summed E-state index contributed by atoms with van der Waals surface area (Å²) in [5, 5.41) is 3.27. The van der Waals surface area contributed by atoms with Gasteiger partial charge in [0.1, 0.15) is 4.90 Å². The lowest BCUT2D eigenvalue weighted by molar-refractivity contribution is -0.115. The first-order chi connectivity index (χ1) is 10.8. The van der Waals surface area contributed by atoms with Crippen LogP contribution in [0.1, 0.15) is 0 Å². The Hall–Kier alpha value is -1.31. The molecule has 122 valence electrons. The molecule has 23 heavy (non-hydrogen) atoms. The van der Waals surface area contributed by atoms with Crippen molar-refractivity contribution in [1.29, 1.82) is 0 Å². The van der Waals surface area contributed by atoms with E-state index in [2.05, 4.69) is 10.0 Å². The molecule has 0 bridgehead atoms. The monoisotopic (exact) mass is 392 g/mol. The summed E-state index contributed by atoms with van der Waals surface area (Å²) in [6, 6.07) is 10.4. The molecule has 0 heterocycles. The second-order valence-electron chi connectivity index (χ2n) is 4.46. The molecule has 5 nitrogen and oxygen atoms in total. The highest BCUT2D eigenvalue weighted by Crippen LogP contribution is 2.22. The minimum absolute atomic E-state index is 0.0713. The first-order valence-corrected chi connectivity index (χ1v) is 8.90. The number of carbonyl (C=O) groups excluding carboxylic acids is 1. The van der Waals surface area contributed by atoms with Gasteiger partial charge in [-0.1, -0.05) is 46.9 Å². The number of amides is 1. The maximum atomic E-state index is 12.1. The lowest BCUT2D eigenvalue weighted by atomic mass is 10.3. The van der Waals surface area contributed by atoms with Gasteiger partial charge in [0, 0.05) is 15.7 Å². The molecule has 0 aliphatic carbocycles. The number of benzene rings is 2. The second kappa shape index (κ2) is 7.51. The molecular formula is C14H11Cl3N2O3S. The molecule has 9 heteroatoms. The van der Waals surface area contributed by atoms with Crippen molar-refractivity contribution >= 4 is 56.4 Å². The molecule has 0 atom stereocenters. The summed E-state index contributed by atoms with van der Waals surface area (Å²) < 4.78 is 26.4. The molecule has 1 amide bonds. The fraction of sp³-hybridized carbons (Fsp3) is 0.0714. The number of carbonyl (C=O) groups is 1. The molecule has 2 aromatic rings. The first kappa shape index (κ1) is 18.0. The topological polar surface area (TPSA) is 75.3 Å². The van der Waals surface area contributed by atoms with Gasteiger partial charge in [0.25, 0.3) is 0 Å². The van der Waals surface area contributed by atoms with E-state index < -0.39 is 22.5 Å². The first-order valence-electron chi connectivity index (χ1n) is 6.28. The summed E-state index contributed by atoms with van der Waals surface area (Å²) in [5.41, 5.74) is 0.365. The van der Waals surface area contributed by atoms with E-state index in [1.54, 1.807) is 6.07 Å². The maximum Gasteiger partial charge on any atom is 0.242 e. The van der Waals surface area contributed by atoms with E-state index in [0.29, 0.717) is 15.7 Å². The molecule has 0 saturated heterocycles. The number of hydrogen-bond acceptors (Lipinski definition) is 3. The Kier molecular flexibility index (Phi) is 5.89. The van der Waals surface area contributed by atoms with Gasteiger partial charge in [-0.25, -0.2) is 13.1 Å². The third kappa shape index (κ3) is 5.09.